The maximum atomic E-state index is 7.34. The fourth-order valence-corrected chi connectivity index (χ4v) is 4.38. The second-order valence-electron chi connectivity index (χ2n) is 7.91. The smallest absolute Gasteiger partial charge is 0.324 e. The van der Waals surface area contributed by atoms with Crippen molar-refractivity contribution in [2.45, 2.75) is 45.6 Å². The number of nitrogens with one attached hydrogen (secondary N) is 1. The highest BCUT2D eigenvalue weighted by atomic mass is 32.1. The lowest BCUT2D eigenvalue weighted by atomic mass is 9.92. The predicted molar refractivity (Wildman–Crippen MR) is 119 cm³/mol. The first kappa shape index (κ1) is 20.5. The SMILES string of the molecule is C=C(C=N)c1ccc2nc(OC(C)C3CCN(c4nc(C(C)C)no4)CC3)sc2n1. The van der Waals surface area contributed by atoms with Crippen molar-refractivity contribution < 1.29 is 9.26 Å². The topological polar surface area (TPSA) is 101 Å². The zero-order chi connectivity index (χ0) is 21.3. The van der Waals surface area contributed by atoms with Gasteiger partial charge in [-0.2, -0.15) is 4.98 Å². The Morgan fingerprint density at radius 3 is 2.70 bits per heavy atom. The summed E-state index contributed by atoms with van der Waals surface area (Å²) in [5, 5.41) is 12.0. The van der Waals surface area contributed by atoms with E-state index >= 15 is 0 Å². The molecule has 0 spiro atoms. The van der Waals surface area contributed by atoms with Gasteiger partial charge in [0.05, 0.1) is 5.69 Å². The van der Waals surface area contributed by atoms with Crippen LogP contribution in [0.25, 0.3) is 15.9 Å². The number of piperidine rings is 1. The van der Waals surface area contributed by atoms with Gasteiger partial charge in [-0.25, -0.2) is 9.97 Å². The molecule has 0 aromatic carbocycles. The third-order valence-electron chi connectivity index (χ3n) is 5.45. The zero-order valence-electron chi connectivity index (χ0n) is 17.5. The molecule has 1 aliphatic heterocycles. The summed E-state index contributed by atoms with van der Waals surface area (Å²) in [6.07, 6.45) is 3.25. The summed E-state index contributed by atoms with van der Waals surface area (Å²) in [5.74, 6) is 1.44. The Bertz CT molecular complexity index is 1050. The number of thiazole rings is 1. The minimum Gasteiger partial charge on any atom is -0.467 e. The number of hydrogen-bond acceptors (Lipinski definition) is 9. The van der Waals surface area contributed by atoms with Crippen molar-refractivity contribution in [3.8, 4) is 5.19 Å². The highest BCUT2D eigenvalue weighted by Crippen LogP contribution is 2.31. The molecule has 3 aromatic rings. The average Bonchev–Trinajstić information content (AvgIpc) is 3.39. The summed E-state index contributed by atoms with van der Waals surface area (Å²) >= 11 is 1.43. The number of allylic oxidation sites excluding steroid dienone is 1. The lowest BCUT2D eigenvalue weighted by molar-refractivity contribution is 0.131. The predicted octanol–water partition coefficient (Wildman–Crippen LogP) is 4.54. The number of anilines is 1. The molecule has 0 radical (unpaired) electrons. The largest absolute Gasteiger partial charge is 0.467 e. The monoisotopic (exact) mass is 426 g/mol. The van der Waals surface area contributed by atoms with E-state index in [0.717, 1.165) is 42.1 Å². The second-order valence-corrected chi connectivity index (χ2v) is 8.85. The molecule has 1 unspecified atom stereocenters. The van der Waals surface area contributed by atoms with Crippen LogP contribution in [-0.2, 0) is 0 Å². The van der Waals surface area contributed by atoms with Crippen molar-refractivity contribution in [2.75, 3.05) is 18.0 Å². The third kappa shape index (κ3) is 4.21. The number of rotatable bonds is 7. The van der Waals surface area contributed by atoms with Crippen LogP contribution >= 0.6 is 11.3 Å². The van der Waals surface area contributed by atoms with Gasteiger partial charge in [-0.1, -0.05) is 36.9 Å². The molecule has 0 saturated carbocycles. The molecule has 4 rings (SSSR count). The molecule has 1 N–H and O–H groups in total. The van der Waals surface area contributed by atoms with Gasteiger partial charge in [-0.15, -0.1) is 0 Å². The van der Waals surface area contributed by atoms with E-state index in [-0.39, 0.29) is 12.0 Å². The molecule has 0 aliphatic carbocycles. The van der Waals surface area contributed by atoms with Crippen LogP contribution in [-0.4, -0.2) is 45.5 Å². The highest BCUT2D eigenvalue weighted by Gasteiger charge is 2.28. The molecule has 4 heterocycles. The molecular formula is C21H26N6O2S. The van der Waals surface area contributed by atoms with Gasteiger partial charge in [0, 0.05) is 30.8 Å². The molecule has 0 bridgehead atoms. The Balaban J connectivity index is 1.37. The first-order valence-corrected chi connectivity index (χ1v) is 11.0. The van der Waals surface area contributed by atoms with Crippen LogP contribution < -0.4 is 9.64 Å². The Morgan fingerprint density at radius 2 is 2.03 bits per heavy atom. The molecule has 158 valence electrons. The summed E-state index contributed by atoms with van der Waals surface area (Å²) in [6.45, 7) is 11.8. The van der Waals surface area contributed by atoms with Crippen LogP contribution in [0.4, 0.5) is 6.01 Å². The summed E-state index contributed by atoms with van der Waals surface area (Å²) in [6, 6.07) is 4.35. The van der Waals surface area contributed by atoms with Gasteiger partial charge in [0.2, 0.25) is 0 Å². The lowest BCUT2D eigenvalue weighted by Crippen LogP contribution is -2.38. The van der Waals surface area contributed by atoms with Crippen LogP contribution in [0.1, 0.15) is 51.0 Å². The van der Waals surface area contributed by atoms with E-state index in [9.17, 15) is 0 Å². The first-order valence-electron chi connectivity index (χ1n) is 10.2. The number of pyridine rings is 1. The van der Waals surface area contributed by atoms with Crippen molar-refractivity contribution in [2.24, 2.45) is 5.92 Å². The number of aromatic nitrogens is 4. The molecule has 1 atom stereocenters. The van der Waals surface area contributed by atoms with E-state index in [2.05, 4.69) is 52.4 Å². The van der Waals surface area contributed by atoms with Crippen LogP contribution in [0.15, 0.2) is 23.2 Å². The Morgan fingerprint density at radius 1 is 1.27 bits per heavy atom. The minimum atomic E-state index is 0.0534. The van der Waals surface area contributed by atoms with Crippen LogP contribution in [0, 0.1) is 11.3 Å². The van der Waals surface area contributed by atoms with E-state index in [1.807, 2.05) is 12.1 Å². The van der Waals surface area contributed by atoms with E-state index in [0.29, 0.717) is 28.4 Å². The van der Waals surface area contributed by atoms with Gasteiger partial charge < -0.3 is 19.6 Å². The van der Waals surface area contributed by atoms with Crippen LogP contribution in [0.5, 0.6) is 5.19 Å². The Kier molecular flexibility index (Phi) is 5.80. The average molecular weight is 427 g/mol. The first-order chi connectivity index (χ1) is 14.4. The van der Waals surface area contributed by atoms with E-state index in [1.165, 1.54) is 17.6 Å². The highest BCUT2D eigenvalue weighted by molar-refractivity contribution is 7.19. The Hall–Kier alpha value is -2.81. The standard InChI is InChI=1S/C21H26N6O2S/c1-12(2)18-25-20(29-26-18)27-9-7-15(8-10-27)14(4)28-21-24-17-6-5-16(13(3)11-22)23-19(17)30-21/h5-6,11-12,14-15,22H,3,7-10H2,1-2,4H3. The molecular weight excluding hydrogens is 400 g/mol. The van der Waals surface area contributed by atoms with Crippen molar-refractivity contribution in [1.29, 1.82) is 5.41 Å². The molecule has 0 amide bonds. The van der Waals surface area contributed by atoms with Gasteiger partial charge in [-0.05, 0) is 37.8 Å². The van der Waals surface area contributed by atoms with E-state index in [4.69, 9.17) is 14.7 Å². The maximum Gasteiger partial charge on any atom is 0.324 e. The van der Waals surface area contributed by atoms with Crippen molar-refractivity contribution in [3.63, 3.8) is 0 Å². The minimum absolute atomic E-state index is 0.0534. The Labute approximate surface area is 179 Å². The summed E-state index contributed by atoms with van der Waals surface area (Å²) in [7, 11) is 0. The maximum absolute atomic E-state index is 7.34. The van der Waals surface area contributed by atoms with Crippen molar-refractivity contribution >= 4 is 39.5 Å². The lowest BCUT2D eigenvalue weighted by Gasteiger charge is -2.33. The molecule has 1 fully saturated rings. The van der Waals surface area contributed by atoms with E-state index in [1.54, 1.807) is 0 Å². The van der Waals surface area contributed by atoms with Crippen LogP contribution in [0.3, 0.4) is 0 Å². The molecule has 8 nitrogen and oxygen atoms in total. The molecule has 30 heavy (non-hydrogen) atoms. The van der Waals surface area contributed by atoms with Gasteiger partial charge in [0.25, 0.3) is 5.19 Å². The van der Waals surface area contributed by atoms with Crippen molar-refractivity contribution in [3.05, 3.63) is 30.2 Å². The summed E-state index contributed by atoms with van der Waals surface area (Å²) in [4.78, 5) is 16.6. The normalized spacial score (nSPS) is 16.2. The molecule has 3 aromatic heterocycles. The fraction of sp³-hybridized carbons (Fsp3) is 0.476. The summed E-state index contributed by atoms with van der Waals surface area (Å²) in [5.41, 5.74) is 2.07. The second kappa shape index (κ2) is 8.51. The number of hydrogen-bond donors (Lipinski definition) is 1. The van der Waals surface area contributed by atoms with E-state index < -0.39 is 0 Å². The number of fused-ring (bicyclic) bond motifs is 1. The van der Waals surface area contributed by atoms with Gasteiger partial charge >= 0.3 is 6.01 Å². The number of ether oxygens (including phenoxy) is 1. The molecule has 9 heteroatoms. The fourth-order valence-electron chi connectivity index (χ4n) is 3.51. The van der Waals surface area contributed by atoms with Crippen molar-refractivity contribution in [1.82, 2.24) is 20.1 Å². The number of nitrogens with zero attached hydrogens (tertiary/aromatic N) is 5. The van der Waals surface area contributed by atoms with Gasteiger partial charge in [-0.3, -0.25) is 0 Å². The zero-order valence-corrected chi connectivity index (χ0v) is 18.3. The third-order valence-corrected chi connectivity index (χ3v) is 6.30. The molecule has 1 saturated heterocycles. The summed E-state index contributed by atoms with van der Waals surface area (Å²) < 4.78 is 11.6. The quantitative estimate of drug-likeness (QED) is 0.553. The van der Waals surface area contributed by atoms with Gasteiger partial charge in [0.15, 0.2) is 5.82 Å². The molecule has 1 aliphatic rings. The van der Waals surface area contributed by atoms with Crippen LogP contribution in [0.2, 0.25) is 0 Å². The van der Waals surface area contributed by atoms with Gasteiger partial charge in [0.1, 0.15) is 16.5 Å².